The van der Waals surface area contributed by atoms with Gasteiger partial charge in [0, 0.05) is 15.4 Å². The number of hydrogen-bond donors (Lipinski definition) is 1. The highest BCUT2D eigenvalue weighted by molar-refractivity contribution is 9.10. The minimum Gasteiger partial charge on any atom is -0.385 e. The van der Waals surface area contributed by atoms with Crippen molar-refractivity contribution in [3.8, 4) is 0 Å². The van der Waals surface area contributed by atoms with Crippen molar-refractivity contribution in [3.05, 3.63) is 20.8 Å². The average molecular weight is 233 g/mol. The van der Waals surface area contributed by atoms with Gasteiger partial charge in [0.1, 0.15) is 0 Å². The van der Waals surface area contributed by atoms with Crippen molar-refractivity contribution in [2.45, 2.75) is 18.9 Å². The fraction of sp³-hybridized carbons (Fsp3) is 0.500. The highest BCUT2D eigenvalue weighted by Crippen LogP contribution is 2.54. The molecular weight excluding hydrogens is 224 g/mol. The quantitative estimate of drug-likeness (QED) is 0.790. The zero-order valence-electron chi connectivity index (χ0n) is 6.17. The number of halogens is 1. The van der Waals surface area contributed by atoms with Gasteiger partial charge < -0.3 is 5.11 Å². The van der Waals surface area contributed by atoms with Crippen LogP contribution in [0.4, 0.5) is 0 Å². The lowest BCUT2D eigenvalue weighted by Gasteiger charge is -2.06. The van der Waals surface area contributed by atoms with Crippen LogP contribution in [0.25, 0.3) is 0 Å². The van der Waals surface area contributed by atoms with Crippen LogP contribution in [-0.4, -0.2) is 5.11 Å². The zero-order chi connectivity index (χ0) is 8.06. The number of aliphatic hydroxyl groups is 1. The summed E-state index contributed by atoms with van der Waals surface area (Å²) in [5, 5.41) is 13.9. The van der Waals surface area contributed by atoms with E-state index in [2.05, 4.69) is 22.9 Å². The van der Waals surface area contributed by atoms with Crippen LogP contribution >= 0.6 is 27.3 Å². The Bertz CT molecular complexity index is 283. The molecule has 0 amide bonds. The molecule has 1 saturated carbocycles. The van der Waals surface area contributed by atoms with Gasteiger partial charge in [-0.05, 0) is 33.6 Å². The third-order valence-corrected chi connectivity index (χ3v) is 4.06. The van der Waals surface area contributed by atoms with Crippen LogP contribution in [0.2, 0.25) is 0 Å². The number of rotatable bonds is 1. The van der Waals surface area contributed by atoms with Crippen LogP contribution < -0.4 is 0 Å². The van der Waals surface area contributed by atoms with E-state index in [-0.39, 0.29) is 0 Å². The summed E-state index contributed by atoms with van der Waals surface area (Å²) in [5.74, 6) is 0.424. The third-order valence-electron chi connectivity index (χ3n) is 2.35. The first-order chi connectivity index (χ1) is 5.14. The molecule has 2 unspecified atom stereocenters. The molecule has 1 aromatic heterocycles. The van der Waals surface area contributed by atoms with Gasteiger partial charge in [0.25, 0.3) is 0 Å². The summed E-state index contributed by atoms with van der Waals surface area (Å²) in [5.41, 5.74) is 0.550. The lowest BCUT2D eigenvalue weighted by atomic mass is 10.1. The van der Waals surface area contributed by atoms with Crippen molar-refractivity contribution < 1.29 is 5.11 Å². The van der Waals surface area contributed by atoms with Gasteiger partial charge in [-0.25, -0.2) is 0 Å². The molecule has 0 aromatic carbocycles. The Hall–Kier alpha value is 0.140. The van der Waals surface area contributed by atoms with Gasteiger partial charge in [-0.2, -0.15) is 11.3 Å². The first kappa shape index (κ1) is 7.77. The molecule has 1 fully saturated rings. The Morgan fingerprint density at radius 3 is 2.73 bits per heavy atom. The van der Waals surface area contributed by atoms with Crippen molar-refractivity contribution in [1.82, 2.24) is 0 Å². The van der Waals surface area contributed by atoms with Crippen LogP contribution in [-0.2, 0) is 5.60 Å². The fourth-order valence-corrected chi connectivity index (χ4v) is 3.09. The maximum absolute atomic E-state index is 9.91. The second-order valence-electron chi connectivity index (χ2n) is 3.16. The number of hydrogen-bond acceptors (Lipinski definition) is 2. The highest BCUT2D eigenvalue weighted by atomic mass is 79.9. The van der Waals surface area contributed by atoms with E-state index in [9.17, 15) is 5.11 Å². The molecule has 0 saturated heterocycles. The van der Waals surface area contributed by atoms with E-state index in [1.165, 1.54) is 0 Å². The topological polar surface area (TPSA) is 20.2 Å². The molecule has 1 heterocycles. The van der Waals surface area contributed by atoms with E-state index in [1.54, 1.807) is 11.3 Å². The largest absolute Gasteiger partial charge is 0.385 e. The van der Waals surface area contributed by atoms with E-state index in [4.69, 9.17) is 0 Å². The molecule has 1 aromatic rings. The Kier molecular flexibility index (Phi) is 1.63. The Balaban J connectivity index is 2.37. The third kappa shape index (κ3) is 1.06. The lowest BCUT2D eigenvalue weighted by molar-refractivity contribution is 0.134. The van der Waals surface area contributed by atoms with E-state index in [1.807, 2.05) is 10.8 Å². The average Bonchev–Trinajstić information content (AvgIpc) is 2.43. The normalized spacial score (nSPS) is 35.7. The fourth-order valence-electron chi connectivity index (χ4n) is 1.37. The molecule has 0 aliphatic heterocycles. The summed E-state index contributed by atoms with van der Waals surface area (Å²) >= 11 is 5.05. The molecule has 0 bridgehead atoms. The molecule has 0 radical (unpaired) electrons. The Morgan fingerprint density at radius 1 is 1.73 bits per heavy atom. The van der Waals surface area contributed by atoms with E-state index in [0.717, 1.165) is 16.5 Å². The van der Waals surface area contributed by atoms with Crippen molar-refractivity contribution in [1.29, 1.82) is 0 Å². The van der Waals surface area contributed by atoms with Crippen LogP contribution in [0, 0.1) is 5.92 Å². The van der Waals surface area contributed by atoms with Crippen molar-refractivity contribution in [2.24, 2.45) is 5.92 Å². The van der Waals surface area contributed by atoms with Crippen LogP contribution in [0.15, 0.2) is 15.2 Å². The van der Waals surface area contributed by atoms with Gasteiger partial charge in [-0.3, -0.25) is 0 Å². The SMILES string of the molecule is CC1CC1(O)c1cscc1Br. The van der Waals surface area contributed by atoms with E-state index < -0.39 is 5.60 Å². The minimum absolute atomic E-state index is 0.424. The lowest BCUT2D eigenvalue weighted by Crippen LogP contribution is -2.06. The van der Waals surface area contributed by atoms with Gasteiger partial charge >= 0.3 is 0 Å². The van der Waals surface area contributed by atoms with Crippen molar-refractivity contribution in [2.75, 3.05) is 0 Å². The monoisotopic (exact) mass is 232 g/mol. The summed E-state index contributed by atoms with van der Waals surface area (Å²) in [7, 11) is 0. The van der Waals surface area contributed by atoms with Gasteiger partial charge in [0.2, 0.25) is 0 Å². The molecule has 1 nitrogen and oxygen atoms in total. The first-order valence-electron chi connectivity index (χ1n) is 3.59. The summed E-state index contributed by atoms with van der Waals surface area (Å²) < 4.78 is 1.05. The first-order valence-corrected chi connectivity index (χ1v) is 5.32. The van der Waals surface area contributed by atoms with Crippen LogP contribution in [0.5, 0.6) is 0 Å². The van der Waals surface area contributed by atoms with E-state index in [0.29, 0.717) is 5.92 Å². The van der Waals surface area contributed by atoms with Gasteiger partial charge in [0.15, 0.2) is 0 Å². The smallest absolute Gasteiger partial charge is 0.0945 e. The second kappa shape index (κ2) is 2.31. The summed E-state index contributed by atoms with van der Waals surface area (Å²) in [6.45, 7) is 2.07. The molecule has 2 rings (SSSR count). The molecule has 1 aliphatic carbocycles. The molecule has 60 valence electrons. The summed E-state index contributed by atoms with van der Waals surface area (Å²) in [4.78, 5) is 0. The minimum atomic E-state index is -0.515. The summed E-state index contributed by atoms with van der Waals surface area (Å²) in [6.07, 6.45) is 0.905. The molecule has 0 spiro atoms. The maximum atomic E-state index is 9.91. The van der Waals surface area contributed by atoms with Crippen molar-refractivity contribution in [3.63, 3.8) is 0 Å². The molecular formula is C8H9BrOS. The molecule has 1 aliphatic rings. The van der Waals surface area contributed by atoms with Crippen LogP contribution in [0.1, 0.15) is 18.9 Å². The predicted octanol–water partition coefficient (Wildman–Crippen LogP) is 2.74. The summed E-state index contributed by atoms with van der Waals surface area (Å²) in [6, 6.07) is 0. The van der Waals surface area contributed by atoms with Gasteiger partial charge in [-0.1, -0.05) is 6.92 Å². The molecule has 2 atom stereocenters. The standard InChI is InChI=1S/C8H9BrOS/c1-5-2-8(5,10)6-3-11-4-7(6)9/h3-5,10H,2H2,1H3. The number of thiophene rings is 1. The molecule has 11 heavy (non-hydrogen) atoms. The van der Waals surface area contributed by atoms with Crippen LogP contribution in [0.3, 0.4) is 0 Å². The maximum Gasteiger partial charge on any atom is 0.0945 e. The zero-order valence-corrected chi connectivity index (χ0v) is 8.58. The van der Waals surface area contributed by atoms with Gasteiger partial charge in [-0.15, -0.1) is 0 Å². The van der Waals surface area contributed by atoms with Crippen molar-refractivity contribution >= 4 is 27.3 Å². The predicted molar refractivity (Wildman–Crippen MR) is 49.7 cm³/mol. The Labute approximate surface area is 78.2 Å². The molecule has 1 N–H and O–H groups in total. The highest BCUT2D eigenvalue weighted by Gasteiger charge is 2.52. The Morgan fingerprint density at radius 2 is 2.36 bits per heavy atom. The second-order valence-corrected chi connectivity index (χ2v) is 4.76. The molecule has 3 heteroatoms. The van der Waals surface area contributed by atoms with E-state index >= 15 is 0 Å². The van der Waals surface area contributed by atoms with Gasteiger partial charge in [0.05, 0.1) is 5.60 Å².